The van der Waals surface area contributed by atoms with Gasteiger partial charge in [0, 0.05) is 22.6 Å². The van der Waals surface area contributed by atoms with Crippen LogP contribution in [0.15, 0.2) is 30.3 Å². The maximum absolute atomic E-state index is 11.8. The number of halogens is 1. The first kappa shape index (κ1) is 12.9. The van der Waals surface area contributed by atoms with Gasteiger partial charge in [-0.15, -0.1) is 11.6 Å². The molecule has 1 aromatic heterocycles. The van der Waals surface area contributed by atoms with E-state index in [9.17, 15) is 4.79 Å². The number of alkyl halides is 1. The fourth-order valence-electron chi connectivity index (χ4n) is 2.30. The van der Waals surface area contributed by atoms with Crippen LogP contribution in [-0.4, -0.2) is 16.2 Å². The molecule has 2 aromatic rings. The zero-order valence-electron chi connectivity index (χ0n) is 10.8. The summed E-state index contributed by atoms with van der Waals surface area (Å²) >= 11 is 5.64. The molecular weight excluding hydrogens is 246 g/mol. The van der Waals surface area contributed by atoms with Gasteiger partial charge in [0.2, 0.25) is 0 Å². The minimum absolute atomic E-state index is 0.0235. The Morgan fingerprint density at radius 3 is 2.50 bits per heavy atom. The van der Waals surface area contributed by atoms with Gasteiger partial charge in [-0.2, -0.15) is 0 Å². The minimum Gasteiger partial charge on any atom is -0.317 e. The predicted octanol–water partition coefficient (Wildman–Crippen LogP) is 3.82. The summed E-state index contributed by atoms with van der Waals surface area (Å²) in [6, 6.07) is 10.1. The van der Waals surface area contributed by atoms with E-state index in [2.05, 4.69) is 23.6 Å². The maximum atomic E-state index is 11.8. The number of aromatic nitrogens is 1. The summed E-state index contributed by atoms with van der Waals surface area (Å²) in [5, 5.41) is 0. The molecule has 0 bridgehead atoms. The van der Waals surface area contributed by atoms with E-state index < -0.39 is 0 Å². The lowest BCUT2D eigenvalue weighted by atomic mass is 10.1. The summed E-state index contributed by atoms with van der Waals surface area (Å²) in [6.45, 7) is 6.03. The molecule has 94 valence electrons. The van der Waals surface area contributed by atoms with Crippen molar-refractivity contribution in [2.45, 2.75) is 20.8 Å². The Bertz CT molecular complexity index is 599. The average Bonchev–Trinajstić information content (AvgIpc) is 2.65. The van der Waals surface area contributed by atoms with Gasteiger partial charge < -0.3 is 4.57 Å². The normalized spacial score (nSPS) is 10.7. The highest BCUT2D eigenvalue weighted by molar-refractivity contribution is 6.30. The van der Waals surface area contributed by atoms with E-state index in [0.717, 1.165) is 17.1 Å². The Morgan fingerprint density at radius 2 is 1.89 bits per heavy atom. The van der Waals surface area contributed by atoms with E-state index in [-0.39, 0.29) is 11.7 Å². The quantitative estimate of drug-likeness (QED) is 0.608. The number of ketones is 1. The number of Topliss-reactive ketones (excluding diaryl/α,β-unsaturated/α-hetero) is 1. The third-order valence-corrected chi connectivity index (χ3v) is 3.45. The van der Waals surface area contributed by atoms with Gasteiger partial charge in [0.1, 0.15) is 0 Å². The van der Waals surface area contributed by atoms with Crippen molar-refractivity contribution < 1.29 is 4.79 Å². The zero-order chi connectivity index (χ0) is 13.3. The molecule has 0 N–H and O–H groups in total. The zero-order valence-corrected chi connectivity index (χ0v) is 11.6. The molecule has 0 amide bonds. The van der Waals surface area contributed by atoms with Crippen molar-refractivity contribution in [2.75, 3.05) is 5.88 Å². The standard InChI is InChI=1S/C15H16ClNO/c1-10-6-4-5-7-14(10)17-11(2)8-13(12(17)3)15(18)9-16/h4-8H,9H2,1-3H3. The topological polar surface area (TPSA) is 22.0 Å². The van der Waals surface area contributed by atoms with Crippen LogP contribution < -0.4 is 0 Å². The van der Waals surface area contributed by atoms with Gasteiger partial charge in [0.05, 0.1) is 5.88 Å². The summed E-state index contributed by atoms with van der Waals surface area (Å²) in [6.07, 6.45) is 0. The first-order valence-corrected chi connectivity index (χ1v) is 6.43. The van der Waals surface area contributed by atoms with E-state index in [1.807, 2.05) is 32.0 Å². The highest BCUT2D eigenvalue weighted by atomic mass is 35.5. The molecule has 0 spiro atoms. The molecule has 18 heavy (non-hydrogen) atoms. The average molecular weight is 262 g/mol. The minimum atomic E-state index is -0.0235. The van der Waals surface area contributed by atoms with Gasteiger partial charge in [-0.05, 0) is 38.5 Å². The molecule has 0 saturated carbocycles. The predicted molar refractivity (Wildman–Crippen MR) is 75.0 cm³/mol. The molecule has 1 heterocycles. The van der Waals surface area contributed by atoms with Gasteiger partial charge in [-0.1, -0.05) is 18.2 Å². The van der Waals surface area contributed by atoms with Crippen LogP contribution in [0.25, 0.3) is 5.69 Å². The third-order valence-electron chi connectivity index (χ3n) is 3.21. The summed E-state index contributed by atoms with van der Waals surface area (Å²) < 4.78 is 2.11. The summed E-state index contributed by atoms with van der Waals surface area (Å²) in [7, 11) is 0. The molecule has 1 aromatic carbocycles. The van der Waals surface area contributed by atoms with Gasteiger partial charge in [-0.3, -0.25) is 4.79 Å². The second kappa shape index (κ2) is 4.99. The number of rotatable bonds is 3. The van der Waals surface area contributed by atoms with Crippen LogP contribution in [0.5, 0.6) is 0 Å². The molecule has 3 heteroatoms. The second-order valence-corrected chi connectivity index (χ2v) is 4.73. The summed E-state index contributed by atoms with van der Waals surface area (Å²) in [5.41, 5.74) is 5.01. The first-order valence-electron chi connectivity index (χ1n) is 5.90. The SMILES string of the molecule is Cc1ccccc1-n1c(C)cc(C(=O)CCl)c1C. The Labute approximate surface area is 112 Å². The fraction of sp³-hybridized carbons (Fsp3) is 0.267. The van der Waals surface area contributed by atoms with Crippen molar-refractivity contribution in [1.82, 2.24) is 4.57 Å². The molecule has 0 saturated heterocycles. The van der Waals surface area contributed by atoms with E-state index in [0.29, 0.717) is 5.56 Å². The fourth-order valence-corrected chi connectivity index (χ4v) is 2.45. The van der Waals surface area contributed by atoms with Gasteiger partial charge in [-0.25, -0.2) is 0 Å². The van der Waals surface area contributed by atoms with Crippen molar-refractivity contribution in [2.24, 2.45) is 0 Å². The van der Waals surface area contributed by atoms with E-state index in [4.69, 9.17) is 11.6 Å². The molecule has 2 rings (SSSR count). The number of para-hydroxylation sites is 1. The Kier molecular flexibility index (Phi) is 3.58. The molecular formula is C15H16ClNO. The van der Waals surface area contributed by atoms with Gasteiger partial charge in [0.25, 0.3) is 0 Å². The van der Waals surface area contributed by atoms with Crippen LogP contribution in [-0.2, 0) is 0 Å². The number of nitrogens with zero attached hydrogens (tertiary/aromatic N) is 1. The van der Waals surface area contributed by atoms with Crippen LogP contribution in [0.1, 0.15) is 27.3 Å². The summed E-state index contributed by atoms with van der Waals surface area (Å²) in [5.74, 6) is 0.00234. The smallest absolute Gasteiger partial charge is 0.179 e. The van der Waals surface area contributed by atoms with Crippen LogP contribution in [0, 0.1) is 20.8 Å². The number of hydrogen-bond donors (Lipinski definition) is 0. The molecule has 0 unspecified atom stereocenters. The Hall–Kier alpha value is -1.54. The largest absolute Gasteiger partial charge is 0.317 e. The second-order valence-electron chi connectivity index (χ2n) is 4.46. The van der Waals surface area contributed by atoms with Crippen LogP contribution in [0.4, 0.5) is 0 Å². The van der Waals surface area contributed by atoms with Crippen molar-refractivity contribution >= 4 is 17.4 Å². The lowest BCUT2D eigenvalue weighted by Crippen LogP contribution is -2.05. The number of aryl methyl sites for hydroxylation is 2. The van der Waals surface area contributed by atoms with E-state index in [1.165, 1.54) is 5.56 Å². The molecule has 0 aliphatic carbocycles. The maximum Gasteiger partial charge on any atom is 0.179 e. The monoisotopic (exact) mass is 261 g/mol. The number of hydrogen-bond acceptors (Lipinski definition) is 1. The number of benzene rings is 1. The molecule has 0 radical (unpaired) electrons. The molecule has 0 aliphatic heterocycles. The molecule has 2 nitrogen and oxygen atoms in total. The van der Waals surface area contributed by atoms with E-state index in [1.54, 1.807) is 0 Å². The van der Waals surface area contributed by atoms with Crippen molar-refractivity contribution in [1.29, 1.82) is 0 Å². The van der Waals surface area contributed by atoms with Crippen molar-refractivity contribution in [3.63, 3.8) is 0 Å². The van der Waals surface area contributed by atoms with E-state index >= 15 is 0 Å². The Balaban J connectivity index is 2.63. The van der Waals surface area contributed by atoms with Crippen LogP contribution in [0.2, 0.25) is 0 Å². The van der Waals surface area contributed by atoms with Gasteiger partial charge in [0.15, 0.2) is 5.78 Å². The number of carbonyl (C=O) groups is 1. The molecule has 0 atom stereocenters. The molecule has 0 aliphatic rings. The lowest BCUT2D eigenvalue weighted by Gasteiger charge is -2.12. The Morgan fingerprint density at radius 1 is 1.22 bits per heavy atom. The lowest BCUT2D eigenvalue weighted by molar-refractivity contribution is 0.102. The van der Waals surface area contributed by atoms with Crippen molar-refractivity contribution in [3.8, 4) is 5.69 Å². The van der Waals surface area contributed by atoms with Crippen LogP contribution in [0.3, 0.4) is 0 Å². The van der Waals surface area contributed by atoms with Crippen LogP contribution >= 0.6 is 11.6 Å². The highest BCUT2D eigenvalue weighted by Gasteiger charge is 2.16. The third kappa shape index (κ3) is 2.08. The first-order chi connectivity index (χ1) is 8.56. The van der Waals surface area contributed by atoms with Gasteiger partial charge >= 0.3 is 0 Å². The molecule has 0 fully saturated rings. The highest BCUT2D eigenvalue weighted by Crippen LogP contribution is 2.23. The number of carbonyl (C=O) groups excluding carboxylic acids is 1. The van der Waals surface area contributed by atoms with Crippen molar-refractivity contribution in [3.05, 3.63) is 52.8 Å². The summed E-state index contributed by atoms with van der Waals surface area (Å²) in [4.78, 5) is 11.8.